The van der Waals surface area contributed by atoms with Gasteiger partial charge in [0.1, 0.15) is 0 Å². The molecule has 0 aliphatic carbocycles. The van der Waals surface area contributed by atoms with Crippen molar-refractivity contribution in [3.05, 3.63) is 95.8 Å². The zero-order valence-electron chi connectivity index (χ0n) is 16.0. The molecular weight excluding hydrogens is 402 g/mol. The molecule has 7 nitrogen and oxygen atoms in total. The Morgan fingerprint density at radius 1 is 0.933 bits per heavy atom. The van der Waals surface area contributed by atoms with Crippen LogP contribution in [0.5, 0.6) is 0 Å². The predicted octanol–water partition coefficient (Wildman–Crippen LogP) is 1.96. The van der Waals surface area contributed by atoms with Crippen LogP contribution in [0.25, 0.3) is 11.0 Å². The van der Waals surface area contributed by atoms with Gasteiger partial charge < -0.3 is 14.8 Å². The van der Waals surface area contributed by atoms with Gasteiger partial charge in [-0.25, -0.2) is 18.5 Å². The molecule has 0 amide bonds. The second kappa shape index (κ2) is 7.66. The van der Waals surface area contributed by atoms with E-state index in [1.165, 1.54) is 12.1 Å². The Balaban J connectivity index is 2.06. The number of imidazole rings is 1. The Bertz CT molecular complexity index is 1250. The summed E-state index contributed by atoms with van der Waals surface area (Å²) in [6, 6.07) is 22.5. The summed E-state index contributed by atoms with van der Waals surface area (Å²) in [6.45, 7) is -0.112. The molecule has 4 aromatic rings. The number of fused-ring (bicyclic) bond motifs is 1. The van der Waals surface area contributed by atoms with Crippen molar-refractivity contribution >= 4 is 21.1 Å². The molecule has 0 aliphatic heterocycles. The molecule has 3 aromatic carbocycles. The van der Waals surface area contributed by atoms with Crippen molar-refractivity contribution in [3.63, 3.8) is 0 Å². The Kier molecular flexibility index (Phi) is 5.17. The summed E-state index contributed by atoms with van der Waals surface area (Å²) in [4.78, 5) is 4.58. The van der Waals surface area contributed by atoms with Gasteiger partial charge in [-0.05, 0) is 29.3 Å². The smallest absolute Gasteiger partial charge is 0.238 e. The number of nitrogens with two attached hydrogens (primary N) is 1. The number of aromatic nitrogens is 2. The van der Waals surface area contributed by atoms with Gasteiger partial charge in [0.25, 0.3) is 0 Å². The minimum absolute atomic E-state index is 0.0661. The Morgan fingerprint density at radius 3 is 2.00 bits per heavy atom. The summed E-state index contributed by atoms with van der Waals surface area (Å²) < 4.78 is 25.3. The van der Waals surface area contributed by atoms with E-state index >= 15 is 0 Å². The number of hydrogen-bond donors (Lipinski definition) is 3. The van der Waals surface area contributed by atoms with E-state index in [1.54, 1.807) is 34.9 Å². The molecule has 4 rings (SSSR count). The number of sulfonamides is 1. The number of aliphatic hydroxyl groups excluding tert-OH is 1. The average molecular weight is 423 g/mol. The molecule has 0 fully saturated rings. The molecule has 1 aromatic heterocycles. The lowest BCUT2D eigenvalue weighted by Gasteiger charge is -2.29. The van der Waals surface area contributed by atoms with E-state index in [9.17, 15) is 18.6 Å². The molecule has 154 valence electrons. The first kappa shape index (κ1) is 20.2. The minimum atomic E-state index is -3.92. The third-order valence-corrected chi connectivity index (χ3v) is 5.99. The van der Waals surface area contributed by atoms with Gasteiger partial charge >= 0.3 is 0 Å². The monoisotopic (exact) mass is 423 g/mol. The molecule has 0 unspecified atom stereocenters. The molecule has 0 aliphatic rings. The van der Waals surface area contributed by atoms with Crippen LogP contribution in [0.2, 0.25) is 0 Å². The van der Waals surface area contributed by atoms with Crippen molar-refractivity contribution in [1.82, 2.24) is 9.55 Å². The standard InChI is InChI=1S/C22H21N3O4S/c23-30(28,29)18-11-12-19-20(15-18)25(13-14-26)21(24-19)22(27,16-7-3-1-4-8-16)17-9-5-2-6-10-17/h1-12,15,26-27H,13-14H2,(H2,23,28,29). The van der Waals surface area contributed by atoms with Crippen LogP contribution < -0.4 is 5.14 Å². The van der Waals surface area contributed by atoms with Crippen LogP contribution in [0.3, 0.4) is 0 Å². The fraction of sp³-hybridized carbons (Fsp3) is 0.136. The van der Waals surface area contributed by atoms with E-state index in [4.69, 9.17) is 5.14 Å². The van der Waals surface area contributed by atoms with Crippen LogP contribution in [0.15, 0.2) is 83.8 Å². The zero-order chi connectivity index (χ0) is 21.4. The predicted molar refractivity (Wildman–Crippen MR) is 113 cm³/mol. The van der Waals surface area contributed by atoms with E-state index in [0.29, 0.717) is 22.2 Å². The second-order valence-corrected chi connectivity index (χ2v) is 8.51. The summed E-state index contributed by atoms with van der Waals surface area (Å²) in [5.41, 5.74) is 0.500. The van der Waals surface area contributed by atoms with Crippen molar-refractivity contribution < 1.29 is 18.6 Å². The topological polar surface area (TPSA) is 118 Å². The lowest BCUT2D eigenvalue weighted by atomic mass is 9.85. The van der Waals surface area contributed by atoms with Gasteiger partial charge in [-0.15, -0.1) is 0 Å². The van der Waals surface area contributed by atoms with Crippen LogP contribution in [-0.4, -0.2) is 34.8 Å². The fourth-order valence-electron chi connectivity index (χ4n) is 3.67. The number of rotatable bonds is 6. The summed E-state index contributed by atoms with van der Waals surface area (Å²) in [5, 5.41) is 27.0. The molecule has 0 atom stereocenters. The van der Waals surface area contributed by atoms with Gasteiger partial charge in [0.15, 0.2) is 11.4 Å². The Hall–Kier alpha value is -3.04. The molecule has 4 N–H and O–H groups in total. The van der Waals surface area contributed by atoms with E-state index in [-0.39, 0.29) is 23.9 Å². The number of benzene rings is 3. The van der Waals surface area contributed by atoms with Crippen molar-refractivity contribution in [2.24, 2.45) is 5.14 Å². The number of aliphatic hydroxyl groups is 2. The zero-order valence-corrected chi connectivity index (χ0v) is 16.8. The molecule has 30 heavy (non-hydrogen) atoms. The van der Waals surface area contributed by atoms with Gasteiger partial charge in [-0.2, -0.15) is 0 Å². The molecule has 0 bridgehead atoms. The number of primary sulfonamides is 1. The maximum atomic E-state index is 12.1. The average Bonchev–Trinajstić information content (AvgIpc) is 3.12. The maximum Gasteiger partial charge on any atom is 0.238 e. The molecule has 0 saturated carbocycles. The first-order valence-corrected chi connectivity index (χ1v) is 10.9. The van der Waals surface area contributed by atoms with Gasteiger partial charge in [0, 0.05) is 6.54 Å². The summed E-state index contributed by atoms with van der Waals surface area (Å²) in [6.07, 6.45) is 0. The van der Waals surface area contributed by atoms with Crippen molar-refractivity contribution in [3.8, 4) is 0 Å². The third-order valence-electron chi connectivity index (χ3n) is 5.08. The number of nitrogens with zero attached hydrogens (tertiary/aromatic N) is 2. The summed E-state index contributed by atoms with van der Waals surface area (Å²) >= 11 is 0. The molecule has 0 spiro atoms. The highest BCUT2D eigenvalue weighted by Gasteiger charge is 2.39. The summed E-state index contributed by atoms with van der Waals surface area (Å²) in [5.74, 6) is 0.274. The van der Waals surface area contributed by atoms with Crippen LogP contribution in [0.1, 0.15) is 17.0 Å². The quantitative estimate of drug-likeness (QED) is 0.438. The van der Waals surface area contributed by atoms with Gasteiger partial charge in [0.2, 0.25) is 10.0 Å². The van der Waals surface area contributed by atoms with Crippen molar-refractivity contribution in [1.29, 1.82) is 0 Å². The largest absolute Gasteiger partial charge is 0.395 e. The Morgan fingerprint density at radius 2 is 1.50 bits per heavy atom. The molecule has 8 heteroatoms. The van der Waals surface area contributed by atoms with E-state index < -0.39 is 15.6 Å². The fourth-order valence-corrected chi connectivity index (χ4v) is 4.20. The lowest BCUT2D eigenvalue weighted by molar-refractivity contribution is 0.110. The van der Waals surface area contributed by atoms with E-state index in [1.807, 2.05) is 36.4 Å². The van der Waals surface area contributed by atoms with Crippen LogP contribution in [0, 0.1) is 0 Å². The Labute approximate surface area is 174 Å². The van der Waals surface area contributed by atoms with Crippen LogP contribution >= 0.6 is 0 Å². The van der Waals surface area contributed by atoms with E-state index in [2.05, 4.69) is 4.98 Å². The van der Waals surface area contributed by atoms with Crippen LogP contribution in [0.4, 0.5) is 0 Å². The van der Waals surface area contributed by atoms with Crippen LogP contribution in [-0.2, 0) is 22.2 Å². The normalized spacial score (nSPS) is 12.4. The highest BCUT2D eigenvalue weighted by Crippen LogP contribution is 2.37. The highest BCUT2D eigenvalue weighted by atomic mass is 32.2. The van der Waals surface area contributed by atoms with Gasteiger partial charge in [-0.1, -0.05) is 60.7 Å². The minimum Gasteiger partial charge on any atom is -0.395 e. The van der Waals surface area contributed by atoms with E-state index in [0.717, 1.165) is 0 Å². The van der Waals surface area contributed by atoms with Gasteiger partial charge in [-0.3, -0.25) is 0 Å². The highest BCUT2D eigenvalue weighted by molar-refractivity contribution is 7.89. The van der Waals surface area contributed by atoms with Gasteiger partial charge in [0.05, 0.1) is 22.5 Å². The SMILES string of the molecule is NS(=O)(=O)c1ccc2nc(C(O)(c3ccccc3)c3ccccc3)n(CCO)c2c1. The molecule has 0 radical (unpaired) electrons. The summed E-state index contributed by atoms with van der Waals surface area (Å²) in [7, 11) is -3.92. The first-order valence-electron chi connectivity index (χ1n) is 9.33. The number of hydrogen-bond acceptors (Lipinski definition) is 5. The van der Waals surface area contributed by atoms with Crippen molar-refractivity contribution in [2.45, 2.75) is 17.0 Å². The van der Waals surface area contributed by atoms with Crippen molar-refractivity contribution in [2.75, 3.05) is 6.61 Å². The maximum absolute atomic E-state index is 12.1. The lowest BCUT2D eigenvalue weighted by Crippen LogP contribution is -2.33. The first-order chi connectivity index (χ1) is 14.4. The molecule has 1 heterocycles. The second-order valence-electron chi connectivity index (χ2n) is 6.95. The molecule has 0 saturated heterocycles. The molecular formula is C22H21N3O4S. The third kappa shape index (κ3) is 3.40.